The summed E-state index contributed by atoms with van der Waals surface area (Å²) in [7, 11) is 0. The molecule has 0 bridgehead atoms. The first-order valence-electron chi connectivity index (χ1n) is 9.39. The van der Waals surface area contributed by atoms with Crippen LogP contribution < -0.4 is 5.73 Å². The van der Waals surface area contributed by atoms with Gasteiger partial charge in [0.15, 0.2) is 0 Å². The molecule has 0 radical (unpaired) electrons. The molecule has 0 saturated heterocycles. The second-order valence-corrected chi connectivity index (χ2v) is 7.88. The van der Waals surface area contributed by atoms with E-state index in [1.807, 2.05) is 6.92 Å². The van der Waals surface area contributed by atoms with Gasteiger partial charge in [0.1, 0.15) is 5.75 Å². The monoisotopic (exact) mass is 432 g/mol. The maximum Gasteiger partial charge on any atom is 0.262 e. The van der Waals surface area contributed by atoms with Gasteiger partial charge in [-0.1, -0.05) is 43.0 Å². The quantitative estimate of drug-likeness (QED) is 0.545. The second kappa shape index (κ2) is 8.47. The maximum atomic E-state index is 13.3. The number of fused-ring (bicyclic) bond motifs is 1. The lowest BCUT2D eigenvalue weighted by Crippen LogP contribution is -2.22. The molecule has 29 heavy (non-hydrogen) atoms. The third-order valence-electron chi connectivity index (χ3n) is 5.14. The van der Waals surface area contributed by atoms with Crippen molar-refractivity contribution in [3.63, 3.8) is 0 Å². The molecule has 3 N–H and O–H groups in total. The average molecular weight is 433 g/mol. The topological polar surface area (TPSA) is 85.3 Å². The third kappa shape index (κ3) is 3.98. The van der Waals surface area contributed by atoms with Gasteiger partial charge < -0.3 is 10.8 Å². The van der Waals surface area contributed by atoms with Crippen molar-refractivity contribution in [3.8, 4) is 5.75 Å². The minimum atomic E-state index is -0.554. The summed E-state index contributed by atoms with van der Waals surface area (Å²) in [4.78, 5) is 25.6. The summed E-state index contributed by atoms with van der Waals surface area (Å²) < 4.78 is 1.53. The van der Waals surface area contributed by atoms with Gasteiger partial charge in [0.25, 0.3) is 5.91 Å². The molecule has 0 fully saturated rings. The highest BCUT2D eigenvalue weighted by Crippen LogP contribution is 2.37. The lowest BCUT2D eigenvalue weighted by molar-refractivity contribution is -0.119. The van der Waals surface area contributed by atoms with Crippen LogP contribution in [0.5, 0.6) is 5.75 Å². The number of hydrogen-bond donors (Lipinski definition) is 2. The summed E-state index contributed by atoms with van der Waals surface area (Å²) in [6.07, 6.45) is 2.30. The molecule has 1 heterocycles. The molecule has 0 aliphatic carbocycles. The summed E-state index contributed by atoms with van der Waals surface area (Å²) in [6.45, 7) is 3.82. The van der Waals surface area contributed by atoms with Crippen molar-refractivity contribution in [2.75, 3.05) is 0 Å². The Bertz CT molecular complexity index is 1110. The predicted octanol–water partition coefficient (Wildman–Crippen LogP) is 5.41. The Balaban J connectivity index is 2.25. The van der Waals surface area contributed by atoms with E-state index in [1.165, 1.54) is 16.7 Å². The van der Waals surface area contributed by atoms with Crippen LogP contribution in [-0.2, 0) is 4.79 Å². The summed E-state index contributed by atoms with van der Waals surface area (Å²) in [5, 5.41) is 11.3. The number of benzene rings is 2. The lowest BCUT2D eigenvalue weighted by Gasteiger charge is -2.14. The van der Waals surface area contributed by atoms with Crippen molar-refractivity contribution in [1.29, 1.82) is 0 Å². The molecule has 3 rings (SSSR count). The number of nitrogens with zero attached hydrogens (tertiary/aromatic N) is 1. The van der Waals surface area contributed by atoms with Gasteiger partial charge in [-0.05, 0) is 55.3 Å². The lowest BCUT2D eigenvalue weighted by atomic mass is 9.90. The maximum absolute atomic E-state index is 13.3. The summed E-state index contributed by atoms with van der Waals surface area (Å²) in [5.41, 5.74) is 7.95. The number of rotatable bonds is 6. The van der Waals surface area contributed by atoms with E-state index in [4.69, 9.17) is 28.9 Å². The number of halogens is 2. The van der Waals surface area contributed by atoms with Gasteiger partial charge in [-0.2, -0.15) is 0 Å². The van der Waals surface area contributed by atoms with Crippen LogP contribution in [0.1, 0.15) is 53.7 Å². The minimum absolute atomic E-state index is 0.0524. The number of phenolic OH excluding ortho intramolecular Hbond substituents is 1. The molecular weight excluding hydrogens is 411 g/mol. The van der Waals surface area contributed by atoms with Crippen LogP contribution in [0.2, 0.25) is 10.0 Å². The van der Waals surface area contributed by atoms with Gasteiger partial charge in [0.2, 0.25) is 5.91 Å². The number of primary amides is 1. The van der Waals surface area contributed by atoms with Crippen LogP contribution >= 0.6 is 23.2 Å². The molecule has 3 aromatic rings. The fourth-order valence-electron chi connectivity index (χ4n) is 3.73. The zero-order chi connectivity index (χ0) is 21.3. The van der Waals surface area contributed by atoms with Gasteiger partial charge in [-0.15, -0.1) is 0 Å². The van der Waals surface area contributed by atoms with Crippen molar-refractivity contribution in [1.82, 2.24) is 4.57 Å². The standard InChI is InChI=1S/C22H22Cl2N2O3/c1-3-4-5-15(21(25)28)20-12(2)26(19-9-7-14(27)11-16(19)20)22(29)13-6-8-17(23)18(24)10-13/h6-11,15,27H,3-5H2,1-2H3,(H2,25,28). The highest BCUT2D eigenvalue weighted by atomic mass is 35.5. The molecule has 152 valence electrons. The second-order valence-electron chi connectivity index (χ2n) is 7.07. The van der Waals surface area contributed by atoms with Gasteiger partial charge in [0, 0.05) is 16.6 Å². The molecule has 1 aromatic heterocycles. The molecule has 0 spiro atoms. The minimum Gasteiger partial charge on any atom is -0.508 e. The van der Waals surface area contributed by atoms with Crippen LogP contribution in [0, 0.1) is 6.92 Å². The van der Waals surface area contributed by atoms with Crippen molar-refractivity contribution >= 4 is 45.9 Å². The fraction of sp³-hybridized carbons (Fsp3) is 0.273. The normalized spacial score (nSPS) is 12.3. The molecule has 2 aromatic carbocycles. The van der Waals surface area contributed by atoms with E-state index in [2.05, 4.69) is 0 Å². The average Bonchev–Trinajstić information content (AvgIpc) is 2.95. The van der Waals surface area contributed by atoms with E-state index in [0.29, 0.717) is 39.2 Å². The molecule has 7 heteroatoms. The van der Waals surface area contributed by atoms with Crippen LogP contribution in [0.15, 0.2) is 36.4 Å². The van der Waals surface area contributed by atoms with Gasteiger partial charge in [-0.3, -0.25) is 14.2 Å². The summed E-state index contributed by atoms with van der Waals surface area (Å²) in [5.74, 6) is -1.26. The van der Waals surface area contributed by atoms with E-state index in [-0.39, 0.29) is 16.7 Å². The van der Waals surface area contributed by atoms with Crippen molar-refractivity contribution in [2.45, 2.75) is 39.0 Å². The van der Waals surface area contributed by atoms with Crippen molar-refractivity contribution in [3.05, 3.63) is 63.3 Å². The van der Waals surface area contributed by atoms with Crippen molar-refractivity contribution < 1.29 is 14.7 Å². The van der Waals surface area contributed by atoms with E-state index < -0.39 is 11.8 Å². The van der Waals surface area contributed by atoms with Gasteiger partial charge >= 0.3 is 0 Å². The molecule has 1 atom stereocenters. The number of aromatic nitrogens is 1. The third-order valence-corrected chi connectivity index (χ3v) is 5.88. The van der Waals surface area contributed by atoms with Crippen LogP contribution in [-0.4, -0.2) is 21.5 Å². The predicted molar refractivity (Wildman–Crippen MR) is 116 cm³/mol. The Morgan fingerprint density at radius 3 is 2.48 bits per heavy atom. The van der Waals surface area contributed by atoms with Crippen molar-refractivity contribution in [2.24, 2.45) is 5.73 Å². The zero-order valence-electron chi connectivity index (χ0n) is 16.2. The van der Waals surface area contributed by atoms with E-state index in [0.717, 1.165) is 12.8 Å². The van der Waals surface area contributed by atoms with E-state index in [9.17, 15) is 14.7 Å². The smallest absolute Gasteiger partial charge is 0.262 e. The fourth-order valence-corrected chi connectivity index (χ4v) is 4.03. The Hall–Kier alpha value is -2.50. The molecule has 0 saturated carbocycles. The number of carbonyl (C=O) groups excluding carboxylic acids is 2. The van der Waals surface area contributed by atoms with Crippen LogP contribution in [0.25, 0.3) is 10.9 Å². The highest BCUT2D eigenvalue weighted by molar-refractivity contribution is 6.42. The number of unbranched alkanes of at least 4 members (excludes halogenated alkanes) is 1. The Kier molecular flexibility index (Phi) is 6.20. The number of carbonyl (C=O) groups is 2. The summed E-state index contributed by atoms with van der Waals surface area (Å²) in [6, 6.07) is 9.42. The molecule has 0 aliphatic rings. The summed E-state index contributed by atoms with van der Waals surface area (Å²) >= 11 is 12.1. The van der Waals surface area contributed by atoms with E-state index in [1.54, 1.807) is 31.2 Å². The molecule has 5 nitrogen and oxygen atoms in total. The number of amides is 1. The Morgan fingerprint density at radius 1 is 1.14 bits per heavy atom. The number of aromatic hydroxyl groups is 1. The van der Waals surface area contributed by atoms with E-state index >= 15 is 0 Å². The highest BCUT2D eigenvalue weighted by Gasteiger charge is 2.28. The number of hydrogen-bond acceptors (Lipinski definition) is 3. The first kappa shape index (κ1) is 21.2. The number of phenols is 1. The number of nitrogens with two attached hydrogens (primary N) is 1. The Labute approximate surface area is 179 Å². The molecule has 0 aliphatic heterocycles. The SMILES string of the molecule is CCCCC(C(N)=O)c1c(C)n(C(=O)c2ccc(Cl)c(Cl)c2)c2ccc(O)cc12. The Morgan fingerprint density at radius 2 is 1.86 bits per heavy atom. The molecule has 1 unspecified atom stereocenters. The first-order chi connectivity index (χ1) is 13.8. The van der Waals surface area contributed by atoms with Crippen LogP contribution in [0.3, 0.4) is 0 Å². The molecule has 1 amide bonds. The van der Waals surface area contributed by atoms with Gasteiger partial charge in [-0.25, -0.2) is 0 Å². The van der Waals surface area contributed by atoms with Gasteiger partial charge in [0.05, 0.1) is 21.5 Å². The zero-order valence-corrected chi connectivity index (χ0v) is 17.7. The first-order valence-corrected chi connectivity index (χ1v) is 10.1. The molecular formula is C22H22Cl2N2O3. The van der Waals surface area contributed by atoms with Crippen LogP contribution in [0.4, 0.5) is 0 Å². The largest absolute Gasteiger partial charge is 0.508 e.